The van der Waals surface area contributed by atoms with Crippen molar-refractivity contribution >= 4 is 0 Å². The van der Waals surface area contributed by atoms with Crippen molar-refractivity contribution in [2.75, 3.05) is 7.05 Å². The van der Waals surface area contributed by atoms with Crippen molar-refractivity contribution in [3.63, 3.8) is 0 Å². The molecule has 0 fully saturated rings. The summed E-state index contributed by atoms with van der Waals surface area (Å²) < 4.78 is 0. The van der Waals surface area contributed by atoms with Crippen molar-refractivity contribution in [1.29, 1.82) is 0 Å². The fourth-order valence-electron chi connectivity index (χ4n) is 3.37. The summed E-state index contributed by atoms with van der Waals surface area (Å²) in [6.45, 7) is 17.6. The minimum atomic E-state index is -0.0769. The van der Waals surface area contributed by atoms with E-state index in [9.17, 15) is 0 Å². The molecule has 2 rings (SSSR count). The van der Waals surface area contributed by atoms with Gasteiger partial charge in [-0.3, -0.25) is 0 Å². The molecule has 1 unspecified atom stereocenters. The Labute approximate surface area is 136 Å². The first-order valence-corrected chi connectivity index (χ1v) is 8.32. The third-order valence-electron chi connectivity index (χ3n) is 5.58. The van der Waals surface area contributed by atoms with Gasteiger partial charge in [0.05, 0.1) is 0 Å². The van der Waals surface area contributed by atoms with E-state index in [1.165, 1.54) is 27.8 Å². The van der Waals surface area contributed by atoms with Crippen LogP contribution in [0.15, 0.2) is 42.5 Å². The average Bonchev–Trinajstić information content (AvgIpc) is 2.44. The Bertz CT molecular complexity index is 588. The molecule has 1 aromatic carbocycles. The van der Waals surface area contributed by atoms with E-state index < -0.39 is 0 Å². The van der Waals surface area contributed by atoms with Crippen LogP contribution in [0.5, 0.6) is 0 Å². The number of rotatable bonds is 4. The average molecular weight is 297 g/mol. The highest BCUT2D eigenvalue weighted by atomic mass is 15.0. The van der Waals surface area contributed by atoms with E-state index in [1.807, 2.05) is 7.05 Å². The van der Waals surface area contributed by atoms with Gasteiger partial charge in [-0.05, 0) is 61.8 Å². The second-order valence-corrected chi connectivity index (χ2v) is 7.94. The summed E-state index contributed by atoms with van der Waals surface area (Å²) in [5.74, 6) is 0. The maximum atomic E-state index is 4.41. The Morgan fingerprint density at radius 2 is 1.82 bits per heavy atom. The number of fused-ring (bicyclic) bond motifs is 1. The molecule has 120 valence electrons. The van der Waals surface area contributed by atoms with E-state index in [2.05, 4.69) is 64.4 Å². The van der Waals surface area contributed by atoms with Gasteiger partial charge >= 0.3 is 0 Å². The van der Waals surface area contributed by atoms with E-state index in [-0.39, 0.29) is 11.0 Å². The fraction of sp³-hybridized carbons (Fsp3) is 0.524. The van der Waals surface area contributed by atoms with E-state index in [0.29, 0.717) is 0 Å². The first kappa shape index (κ1) is 17.0. The molecule has 1 nitrogen and oxygen atoms in total. The Morgan fingerprint density at radius 3 is 2.41 bits per heavy atom. The highest BCUT2D eigenvalue weighted by molar-refractivity contribution is 5.40. The van der Waals surface area contributed by atoms with Crippen molar-refractivity contribution < 1.29 is 0 Å². The summed E-state index contributed by atoms with van der Waals surface area (Å²) in [5, 5.41) is 3.49. The topological polar surface area (TPSA) is 12.0 Å². The number of aryl methyl sites for hydroxylation is 1. The van der Waals surface area contributed by atoms with Crippen LogP contribution in [-0.2, 0) is 19.3 Å². The van der Waals surface area contributed by atoms with Gasteiger partial charge in [-0.2, -0.15) is 0 Å². The maximum Gasteiger partial charge on any atom is 0.0412 e. The molecule has 0 amide bonds. The molecule has 1 N–H and O–H groups in total. The quantitative estimate of drug-likeness (QED) is 0.783. The number of hydrogen-bond donors (Lipinski definition) is 1. The standard InChI is InChI=1S/C21H31N/c1-15-8-10-18-11-9-17(14-19(18)12-15)13-16(2)21(6,22-7)20(3,4)5/h9,11,14,22H,1-2,8,10,12-13H2,3-7H3. The molecule has 0 radical (unpaired) electrons. The molecule has 1 atom stereocenters. The number of likely N-dealkylation sites (N-methyl/N-ethyl adjacent to an activating group) is 1. The summed E-state index contributed by atoms with van der Waals surface area (Å²) in [7, 11) is 2.03. The van der Waals surface area contributed by atoms with Gasteiger partial charge in [-0.25, -0.2) is 0 Å². The molecule has 0 bridgehead atoms. The molecule has 1 aliphatic carbocycles. The summed E-state index contributed by atoms with van der Waals surface area (Å²) in [5.41, 5.74) is 6.98. The zero-order valence-corrected chi connectivity index (χ0v) is 15.0. The van der Waals surface area contributed by atoms with Crippen LogP contribution in [0.1, 0.15) is 50.8 Å². The van der Waals surface area contributed by atoms with E-state index >= 15 is 0 Å². The van der Waals surface area contributed by atoms with Gasteiger partial charge in [0, 0.05) is 5.54 Å². The SMILES string of the molecule is C=C1CCc2ccc(CC(=C)C(C)(NC)C(C)(C)C)cc2C1. The van der Waals surface area contributed by atoms with Crippen LogP contribution in [0.4, 0.5) is 0 Å². The van der Waals surface area contributed by atoms with Crippen LogP contribution in [0, 0.1) is 5.41 Å². The van der Waals surface area contributed by atoms with Crippen molar-refractivity contribution in [3.05, 3.63) is 59.2 Å². The Morgan fingerprint density at radius 1 is 1.14 bits per heavy atom. The minimum Gasteiger partial charge on any atom is -0.311 e. The molecular weight excluding hydrogens is 266 g/mol. The minimum absolute atomic E-state index is 0.0769. The highest BCUT2D eigenvalue weighted by Crippen LogP contribution is 2.37. The van der Waals surface area contributed by atoms with Gasteiger partial charge in [0.25, 0.3) is 0 Å². The van der Waals surface area contributed by atoms with Gasteiger partial charge in [0.15, 0.2) is 0 Å². The first-order valence-electron chi connectivity index (χ1n) is 8.32. The summed E-state index contributed by atoms with van der Waals surface area (Å²) >= 11 is 0. The third kappa shape index (κ3) is 3.20. The lowest BCUT2D eigenvalue weighted by Crippen LogP contribution is -2.52. The van der Waals surface area contributed by atoms with E-state index in [1.54, 1.807) is 0 Å². The van der Waals surface area contributed by atoms with Gasteiger partial charge in [0.1, 0.15) is 0 Å². The monoisotopic (exact) mass is 297 g/mol. The first-order chi connectivity index (χ1) is 10.2. The molecule has 1 heteroatoms. The molecule has 0 spiro atoms. The molecule has 0 heterocycles. The highest BCUT2D eigenvalue weighted by Gasteiger charge is 2.38. The van der Waals surface area contributed by atoms with Crippen LogP contribution in [-0.4, -0.2) is 12.6 Å². The lowest BCUT2D eigenvalue weighted by Gasteiger charge is -2.44. The molecule has 0 saturated heterocycles. The predicted molar refractivity (Wildman–Crippen MR) is 97.4 cm³/mol. The summed E-state index contributed by atoms with van der Waals surface area (Å²) in [6, 6.07) is 6.94. The second-order valence-electron chi connectivity index (χ2n) is 7.94. The number of allylic oxidation sites excluding steroid dienone is 1. The van der Waals surface area contributed by atoms with Gasteiger partial charge in [0.2, 0.25) is 0 Å². The molecule has 1 aliphatic rings. The lowest BCUT2D eigenvalue weighted by atomic mass is 9.69. The third-order valence-corrected chi connectivity index (χ3v) is 5.58. The van der Waals surface area contributed by atoms with Gasteiger partial charge in [-0.1, -0.05) is 63.3 Å². The molecular formula is C21H31N. The zero-order valence-electron chi connectivity index (χ0n) is 15.0. The smallest absolute Gasteiger partial charge is 0.0412 e. The van der Waals surface area contributed by atoms with Gasteiger partial charge < -0.3 is 5.32 Å². The van der Waals surface area contributed by atoms with Crippen LogP contribution >= 0.6 is 0 Å². The van der Waals surface area contributed by atoms with Crippen molar-refractivity contribution in [2.24, 2.45) is 5.41 Å². The van der Waals surface area contributed by atoms with Crippen LogP contribution in [0.2, 0.25) is 0 Å². The molecule has 0 saturated carbocycles. The van der Waals surface area contributed by atoms with Crippen LogP contribution < -0.4 is 5.32 Å². The largest absolute Gasteiger partial charge is 0.311 e. The summed E-state index contributed by atoms with van der Waals surface area (Å²) in [4.78, 5) is 0. The molecule has 1 aromatic rings. The zero-order chi connectivity index (χ0) is 16.5. The molecule has 22 heavy (non-hydrogen) atoms. The maximum absolute atomic E-state index is 4.41. The second kappa shape index (κ2) is 6.04. The van der Waals surface area contributed by atoms with Gasteiger partial charge in [-0.15, -0.1) is 0 Å². The number of benzene rings is 1. The Balaban J connectivity index is 2.22. The predicted octanol–water partition coefficient (Wildman–Crippen LogP) is 4.85. The Kier molecular flexibility index (Phi) is 4.67. The fourth-order valence-corrected chi connectivity index (χ4v) is 3.37. The Hall–Kier alpha value is -1.34. The van der Waals surface area contributed by atoms with E-state index in [4.69, 9.17) is 0 Å². The van der Waals surface area contributed by atoms with Crippen molar-refractivity contribution in [3.8, 4) is 0 Å². The van der Waals surface area contributed by atoms with E-state index in [0.717, 1.165) is 25.7 Å². The lowest BCUT2D eigenvalue weighted by molar-refractivity contribution is 0.205. The van der Waals surface area contributed by atoms with Crippen molar-refractivity contribution in [1.82, 2.24) is 5.32 Å². The molecule has 0 aliphatic heterocycles. The summed E-state index contributed by atoms with van der Waals surface area (Å²) in [6.07, 6.45) is 4.25. The molecule has 0 aromatic heterocycles. The van der Waals surface area contributed by atoms with Crippen LogP contribution in [0.3, 0.4) is 0 Å². The van der Waals surface area contributed by atoms with Crippen LogP contribution in [0.25, 0.3) is 0 Å². The number of nitrogens with one attached hydrogen (secondary N) is 1. The normalized spacial score (nSPS) is 17.8. The van der Waals surface area contributed by atoms with Crippen molar-refractivity contribution in [2.45, 2.75) is 58.9 Å². The number of hydrogen-bond acceptors (Lipinski definition) is 1.